The first-order valence-corrected chi connectivity index (χ1v) is 8.73. The topological polar surface area (TPSA) is 25.2 Å². The monoisotopic (exact) mass is 289 g/mol. The summed E-state index contributed by atoms with van der Waals surface area (Å²) in [4.78, 5) is 0. The largest absolute Gasteiger partial charge is 0.388 e. The van der Waals surface area contributed by atoms with E-state index in [-0.39, 0.29) is 11.5 Å². The van der Waals surface area contributed by atoms with E-state index in [1.54, 1.807) is 0 Å². The van der Waals surface area contributed by atoms with Gasteiger partial charge in [0.05, 0.1) is 6.10 Å². The van der Waals surface area contributed by atoms with Crippen LogP contribution < -0.4 is 0 Å². The van der Waals surface area contributed by atoms with E-state index in [9.17, 15) is 5.11 Å². The molecule has 0 saturated heterocycles. The first-order chi connectivity index (χ1) is 9.85. The molecule has 3 rings (SSSR count). The zero-order valence-corrected chi connectivity index (χ0v) is 14.2. The molecule has 0 aromatic carbocycles. The summed E-state index contributed by atoms with van der Waals surface area (Å²) in [6.45, 7) is 10.3. The summed E-state index contributed by atoms with van der Waals surface area (Å²) >= 11 is 0. The average molecular weight is 289 g/mol. The van der Waals surface area contributed by atoms with Crippen LogP contribution in [0.1, 0.15) is 75.9 Å². The van der Waals surface area contributed by atoms with Crippen molar-refractivity contribution in [1.29, 1.82) is 0 Å². The molecule has 118 valence electrons. The smallest absolute Gasteiger partial charge is 0.0812 e. The minimum Gasteiger partial charge on any atom is -0.388 e. The second-order valence-corrected chi connectivity index (χ2v) is 8.49. The van der Waals surface area contributed by atoms with E-state index in [4.69, 9.17) is 0 Å². The number of hydrogen-bond donors (Lipinski definition) is 1. The Morgan fingerprint density at radius 1 is 1.24 bits per heavy atom. The van der Waals surface area contributed by atoms with E-state index < -0.39 is 0 Å². The number of rotatable bonds is 2. The third-order valence-corrected chi connectivity index (χ3v) is 5.78. The number of hydrogen-bond acceptors (Lipinski definition) is 1. The van der Waals surface area contributed by atoms with Crippen LogP contribution in [0.5, 0.6) is 0 Å². The summed E-state index contributed by atoms with van der Waals surface area (Å²) < 4.78 is 2.53. The molecule has 1 heterocycles. The Morgan fingerprint density at radius 2 is 1.90 bits per heavy atom. The Balaban J connectivity index is 1.83. The average Bonchev–Trinajstić information content (AvgIpc) is 2.69. The predicted octanol–water partition coefficient (Wildman–Crippen LogP) is 4.63. The molecule has 2 aliphatic rings. The first kappa shape index (κ1) is 15.1. The van der Waals surface area contributed by atoms with Crippen LogP contribution in [0, 0.1) is 24.2 Å². The van der Waals surface area contributed by atoms with Gasteiger partial charge in [-0.15, -0.1) is 0 Å². The van der Waals surface area contributed by atoms with E-state index in [1.807, 2.05) is 0 Å². The molecule has 21 heavy (non-hydrogen) atoms. The summed E-state index contributed by atoms with van der Waals surface area (Å²) in [7, 11) is 0. The van der Waals surface area contributed by atoms with E-state index in [0.717, 1.165) is 31.2 Å². The number of fused-ring (bicyclic) bond motifs is 1. The fourth-order valence-corrected chi connectivity index (χ4v) is 4.42. The van der Waals surface area contributed by atoms with Crippen LogP contribution in [0.4, 0.5) is 0 Å². The van der Waals surface area contributed by atoms with E-state index >= 15 is 0 Å². The SMILES string of the molecule is Cc1cc2c(n1CC1CCC(C)CC1)CC(C)(C)CC2O. The lowest BCUT2D eigenvalue weighted by Gasteiger charge is -2.35. The van der Waals surface area contributed by atoms with Gasteiger partial charge in [-0.25, -0.2) is 0 Å². The zero-order chi connectivity index (χ0) is 15.2. The standard InChI is InChI=1S/C19H31NO/c1-13-5-7-15(8-6-13)12-20-14(2)9-16-17(20)10-19(3,4)11-18(16)21/h9,13,15,18,21H,5-8,10-12H2,1-4H3. The second kappa shape index (κ2) is 5.46. The molecule has 1 aromatic rings. The highest BCUT2D eigenvalue weighted by atomic mass is 16.3. The van der Waals surface area contributed by atoms with Crippen LogP contribution in [0.2, 0.25) is 0 Å². The lowest BCUT2D eigenvalue weighted by molar-refractivity contribution is 0.0974. The molecule has 1 atom stereocenters. The van der Waals surface area contributed by atoms with Crippen LogP contribution in [0.3, 0.4) is 0 Å². The molecule has 2 heteroatoms. The van der Waals surface area contributed by atoms with Gasteiger partial charge in [-0.3, -0.25) is 0 Å². The molecule has 2 nitrogen and oxygen atoms in total. The molecule has 1 N–H and O–H groups in total. The summed E-state index contributed by atoms with van der Waals surface area (Å²) in [5.41, 5.74) is 4.18. The second-order valence-electron chi connectivity index (χ2n) is 8.49. The highest BCUT2D eigenvalue weighted by Crippen LogP contribution is 2.42. The predicted molar refractivity (Wildman–Crippen MR) is 87.4 cm³/mol. The van der Waals surface area contributed by atoms with Crippen LogP contribution in [0.15, 0.2) is 6.07 Å². The van der Waals surface area contributed by atoms with Gasteiger partial charge < -0.3 is 9.67 Å². The Morgan fingerprint density at radius 3 is 2.57 bits per heavy atom. The number of aliphatic hydroxyl groups is 1. The summed E-state index contributed by atoms with van der Waals surface area (Å²) in [6, 6.07) is 2.24. The number of aromatic nitrogens is 1. The van der Waals surface area contributed by atoms with Crippen molar-refractivity contribution in [2.45, 2.75) is 78.9 Å². The lowest BCUT2D eigenvalue weighted by Crippen LogP contribution is -2.28. The van der Waals surface area contributed by atoms with Crippen molar-refractivity contribution in [3.63, 3.8) is 0 Å². The molecule has 1 aromatic heterocycles. The molecular formula is C19H31NO. The van der Waals surface area contributed by atoms with Crippen molar-refractivity contribution >= 4 is 0 Å². The number of nitrogens with zero attached hydrogens (tertiary/aromatic N) is 1. The van der Waals surface area contributed by atoms with E-state index in [0.29, 0.717) is 0 Å². The molecule has 0 bridgehead atoms. The normalized spacial score (nSPS) is 32.0. The molecular weight excluding hydrogens is 258 g/mol. The molecule has 0 aliphatic heterocycles. The van der Waals surface area contributed by atoms with Gasteiger partial charge in [-0.2, -0.15) is 0 Å². The van der Waals surface area contributed by atoms with Gasteiger partial charge in [0.2, 0.25) is 0 Å². The van der Waals surface area contributed by atoms with Crippen molar-refractivity contribution < 1.29 is 5.11 Å². The maximum atomic E-state index is 10.5. The van der Waals surface area contributed by atoms with Gasteiger partial charge in [0.15, 0.2) is 0 Å². The van der Waals surface area contributed by atoms with Crippen molar-refractivity contribution in [3.05, 3.63) is 23.0 Å². The molecule has 0 radical (unpaired) electrons. The van der Waals surface area contributed by atoms with Gasteiger partial charge in [-0.1, -0.05) is 33.6 Å². The van der Waals surface area contributed by atoms with Crippen LogP contribution in [-0.2, 0) is 13.0 Å². The molecule has 1 saturated carbocycles. The molecule has 1 unspecified atom stereocenters. The molecule has 2 aliphatic carbocycles. The molecule has 0 amide bonds. The molecule has 0 spiro atoms. The third kappa shape index (κ3) is 3.06. The quantitative estimate of drug-likeness (QED) is 0.843. The van der Waals surface area contributed by atoms with Crippen LogP contribution >= 0.6 is 0 Å². The maximum Gasteiger partial charge on any atom is 0.0812 e. The van der Waals surface area contributed by atoms with Crippen LogP contribution in [-0.4, -0.2) is 9.67 Å². The van der Waals surface area contributed by atoms with Crippen molar-refractivity contribution in [1.82, 2.24) is 4.57 Å². The summed E-state index contributed by atoms with van der Waals surface area (Å²) in [5, 5.41) is 10.5. The fourth-order valence-electron chi connectivity index (χ4n) is 4.42. The Labute approximate surface area is 129 Å². The summed E-state index contributed by atoms with van der Waals surface area (Å²) in [6.07, 6.45) is 7.26. The summed E-state index contributed by atoms with van der Waals surface area (Å²) in [5.74, 6) is 1.75. The lowest BCUT2D eigenvalue weighted by atomic mass is 9.75. The van der Waals surface area contributed by atoms with Crippen molar-refractivity contribution in [2.75, 3.05) is 0 Å². The Bertz CT molecular complexity index is 506. The third-order valence-electron chi connectivity index (χ3n) is 5.78. The number of aryl methyl sites for hydroxylation is 1. The van der Waals surface area contributed by atoms with Crippen LogP contribution in [0.25, 0.3) is 0 Å². The zero-order valence-electron chi connectivity index (χ0n) is 14.2. The van der Waals surface area contributed by atoms with Gasteiger partial charge >= 0.3 is 0 Å². The van der Waals surface area contributed by atoms with Crippen molar-refractivity contribution in [2.24, 2.45) is 17.3 Å². The molecule has 1 fully saturated rings. The van der Waals surface area contributed by atoms with E-state index in [1.165, 1.54) is 42.6 Å². The first-order valence-electron chi connectivity index (χ1n) is 8.73. The maximum absolute atomic E-state index is 10.5. The Hall–Kier alpha value is -0.760. The highest BCUT2D eigenvalue weighted by Gasteiger charge is 2.34. The Kier molecular flexibility index (Phi) is 3.94. The van der Waals surface area contributed by atoms with Crippen molar-refractivity contribution in [3.8, 4) is 0 Å². The fraction of sp³-hybridized carbons (Fsp3) is 0.789. The van der Waals surface area contributed by atoms with Gasteiger partial charge in [-0.05, 0) is 55.9 Å². The van der Waals surface area contributed by atoms with Gasteiger partial charge in [0.25, 0.3) is 0 Å². The number of aliphatic hydroxyl groups excluding tert-OH is 1. The minimum atomic E-state index is -0.268. The van der Waals surface area contributed by atoms with Gasteiger partial charge in [0.1, 0.15) is 0 Å². The van der Waals surface area contributed by atoms with E-state index in [2.05, 4.69) is 38.3 Å². The highest BCUT2D eigenvalue weighted by molar-refractivity contribution is 5.33. The minimum absolute atomic E-state index is 0.218. The van der Waals surface area contributed by atoms with Gasteiger partial charge in [0, 0.05) is 23.5 Å².